The van der Waals surface area contributed by atoms with Crippen molar-refractivity contribution >= 4 is 11.9 Å². The van der Waals surface area contributed by atoms with Crippen LogP contribution in [0.5, 0.6) is 0 Å². The average molecular weight is 271 g/mol. The zero-order valence-electron chi connectivity index (χ0n) is 10.8. The quantitative estimate of drug-likeness (QED) is 0.885. The maximum Gasteiger partial charge on any atom is 0.326 e. The molecule has 1 amide bonds. The molecule has 6 heteroatoms. The van der Waals surface area contributed by atoms with Crippen molar-refractivity contribution in [3.8, 4) is 0 Å². The standard InChI is InChI=1S/C13H15F2NO3/c1-13(2,3)10(12(18)19)16-11(17)7-4-5-8(14)9(15)6-7/h4-6,10H,1-3H3,(H,16,17)(H,18,19). The van der Waals surface area contributed by atoms with Gasteiger partial charge in [-0.2, -0.15) is 0 Å². The Morgan fingerprint density at radius 3 is 2.21 bits per heavy atom. The lowest BCUT2D eigenvalue weighted by Gasteiger charge is -2.27. The van der Waals surface area contributed by atoms with Gasteiger partial charge in [0.05, 0.1) is 0 Å². The number of carbonyl (C=O) groups is 2. The zero-order chi connectivity index (χ0) is 14.8. The maximum absolute atomic E-state index is 13.0. The van der Waals surface area contributed by atoms with Crippen LogP contribution in [0.25, 0.3) is 0 Å². The van der Waals surface area contributed by atoms with Gasteiger partial charge in [-0.1, -0.05) is 20.8 Å². The summed E-state index contributed by atoms with van der Waals surface area (Å²) in [6, 6.07) is 1.51. The van der Waals surface area contributed by atoms with E-state index in [4.69, 9.17) is 5.11 Å². The number of carboxylic acids is 1. The van der Waals surface area contributed by atoms with E-state index in [9.17, 15) is 18.4 Å². The van der Waals surface area contributed by atoms with E-state index in [1.165, 1.54) is 0 Å². The predicted molar refractivity (Wildman–Crippen MR) is 64.7 cm³/mol. The van der Waals surface area contributed by atoms with Crippen LogP contribution in [-0.4, -0.2) is 23.0 Å². The fourth-order valence-corrected chi connectivity index (χ4v) is 1.50. The van der Waals surface area contributed by atoms with E-state index < -0.39 is 35.0 Å². The van der Waals surface area contributed by atoms with Crippen LogP contribution in [0.2, 0.25) is 0 Å². The topological polar surface area (TPSA) is 66.4 Å². The Kier molecular flexibility index (Phi) is 4.24. The molecule has 0 aliphatic heterocycles. The van der Waals surface area contributed by atoms with Crippen LogP contribution in [0.4, 0.5) is 8.78 Å². The number of halogens is 2. The molecule has 0 radical (unpaired) electrons. The van der Waals surface area contributed by atoms with Gasteiger partial charge < -0.3 is 10.4 Å². The second-order valence-electron chi connectivity index (χ2n) is 5.24. The summed E-state index contributed by atoms with van der Waals surface area (Å²) < 4.78 is 25.7. The second kappa shape index (κ2) is 5.34. The minimum atomic E-state index is -1.19. The van der Waals surface area contributed by atoms with E-state index in [1.54, 1.807) is 20.8 Å². The highest BCUT2D eigenvalue weighted by Gasteiger charge is 2.32. The molecule has 104 valence electrons. The van der Waals surface area contributed by atoms with Gasteiger partial charge in [0.2, 0.25) is 0 Å². The molecule has 1 atom stereocenters. The van der Waals surface area contributed by atoms with Crippen LogP contribution in [0.15, 0.2) is 18.2 Å². The molecule has 1 unspecified atom stereocenters. The lowest BCUT2D eigenvalue weighted by atomic mass is 9.86. The molecule has 19 heavy (non-hydrogen) atoms. The van der Waals surface area contributed by atoms with Crippen LogP contribution >= 0.6 is 0 Å². The molecule has 0 heterocycles. The summed E-state index contributed by atoms with van der Waals surface area (Å²) in [5, 5.41) is 11.3. The van der Waals surface area contributed by atoms with Crippen molar-refractivity contribution in [1.29, 1.82) is 0 Å². The third-order valence-electron chi connectivity index (χ3n) is 2.57. The number of aliphatic carboxylic acids is 1. The van der Waals surface area contributed by atoms with E-state index in [-0.39, 0.29) is 5.56 Å². The minimum absolute atomic E-state index is 0.130. The maximum atomic E-state index is 13.0. The van der Waals surface area contributed by atoms with Gasteiger partial charge in [-0.15, -0.1) is 0 Å². The van der Waals surface area contributed by atoms with Gasteiger partial charge in [-0.05, 0) is 23.6 Å². The van der Waals surface area contributed by atoms with Crippen LogP contribution < -0.4 is 5.32 Å². The SMILES string of the molecule is CC(C)(C)C(NC(=O)c1ccc(F)c(F)c1)C(=O)O. The third-order valence-corrected chi connectivity index (χ3v) is 2.57. The Bertz CT molecular complexity index is 509. The summed E-state index contributed by atoms with van der Waals surface area (Å²) in [4.78, 5) is 22.9. The largest absolute Gasteiger partial charge is 0.480 e. The van der Waals surface area contributed by atoms with Crippen molar-refractivity contribution in [2.45, 2.75) is 26.8 Å². The number of carboxylic acid groups (broad SMARTS) is 1. The summed E-state index contributed by atoms with van der Waals surface area (Å²) in [7, 11) is 0. The fraction of sp³-hybridized carbons (Fsp3) is 0.385. The van der Waals surface area contributed by atoms with E-state index in [0.717, 1.165) is 18.2 Å². The van der Waals surface area contributed by atoms with Gasteiger partial charge in [0, 0.05) is 5.56 Å². The van der Waals surface area contributed by atoms with Crippen LogP contribution in [0.1, 0.15) is 31.1 Å². The monoisotopic (exact) mass is 271 g/mol. The number of nitrogens with one attached hydrogen (secondary N) is 1. The minimum Gasteiger partial charge on any atom is -0.480 e. The summed E-state index contributed by atoms with van der Waals surface area (Å²) in [6.45, 7) is 4.95. The molecule has 0 fully saturated rings. The van der Waals surface area contributed by atoms with E-state index in [2.05, 4.69) is 5.32 Å². The van der Waals surface area contributed by atoms with Crippen LogP contribution in [0, 0.1) is 17.0 Å². The lowest BCUT2D eigenvalue weighted by Crippen LogP contribution is -2.49. The molecule has 2 N–H and O–H groups in total. The predicted octanol–water partition coefficient (Wildman–Crippen LogP) is 2.19. The normalized spacial score (nSPS) is 12.9. The summed E-state index contributed by atoms with van der Waals surface area (Å²) >= 11 is 0. The number of carbonyl (C=O) groups excluding carboxylic acids is 1. The van der Waals surface area contributed by atoms with Crippen molar-refractivity contribution in [2.75, 3.05) is 0 Å². The van der Waals surface area contributed by atoms with Gasteiger partial charge in [0.1, 0.15) is 6.04 Å². The van der Waals surface area contributed by atoms with Gasteiger partial charge >= 0.3 is 5.97 Å². The number of benzene rings is 1. The van der Waals surface area contributed by atoms with Crippen molar-refractivity contribution in [3.05, 3.63) is 35.4 Å². The molecule has 1 aromatic carbocycles. The molecule has 0 bridgehead atoms. The average Bonchev–Trinajstić information content (AvgIpc) is 2.27. The van der Waals surface area contributed by atoms with E-state index in [1.807, 2.05) is 0 Å². The summed E-state index contributed by atoms with van der Waals surface area (Å²) in [6.07, 6.45) is 0. The number of hydrogen-bond donors (Lipinski definition) is 2. The number of amides is 1. The van der Waals surface area contributed by atoms with Crippen molar-refractivity contribution in [1.82, 2.24) is 5.32 Å². The van der Waals surface area contributed by atoms with Crippen molar-refractivity contribution in [3.63, 3.8) is 0 Å². The smallest absolute Gasteiger partial charge is 0.326 e. The first kappa shape index (κ1) is 15.1. The van der Waals surface area contributed by atoms with Gasteiger partial charge in [-0.3, -0.25) is 4.79 Å². The molecular formula is C13H15F2NO3. The Hall–Kier alpha value is -1.98. The number of rotatable bonds is 3. The van der Waals surface area contributed by atoms with Gasteiger partial charge in [0.15, 0.2) is 11.6 Å². The van der Waals surface area contributed by atoms with E-state index in [0.29, 0.717) is 0 Å². The molecule has 1 aromatic rings. The molecule has 0 aliphatic carbocycles. The Balaban J connectivity index is 2.94. The fourth-order valence-electron chi connectivity index (χ4n) is 1.50. The molecule has 0 saturated carbocycles. The van der Waals surface area contributed by atoms with Crippen LogP contribution in [-0.2, 0) is 4.79 Å². The Morgan fingerprint density at radius 2 is 1.79 bits per heavy atom. The van der Waals surface area contributed by atoms with Gasteiger partial charge in [0.25, 0.3) is 5.91 Å². The highest BCUT2D eigenvalue weighted by molar-refractivity contribution is 5.96. The molecular weight excluding hydrogens is 256 g/mol. The Labute approximate surface area is 109 Å². The highest BCUT2D eigenvalue weighted by Crippen LogP contribution is 2.20. The molecule has 0 aliphatic rings. The third kappa shape index (κ3) is 3.74. The summed E-state index contributed by atoms with van der Waals surface area (Å²) in [5.41, 5.74) is -0.838. The van der Waals surface area contributed by atoms with E-state index >= 15 is 0 Å². The first-order chi connectivity index (χ1) is 8.62. The first-order valence-electron chi connectivity index (χ1n) is 5.61. The van der Waals surface area contributed by atoms with Crippen molar-refractivity contribution < 1.29 is 23.5 Å². The highest BCUT2D eigenvalue weighted by atomic mass is 19.2. The Morgan fingerprint density at radius 1 is 1.21 bits per heavy atom. The van der Waals surface area contributed by atoms with Crippen molar-refractivity contribution in [2.24, 2.45) is 5.41 Å². The second-order valence-corrected chi connectivity index (χ2v) is 5.24. The molecule has 0 aromatic heterocycles. The molecule has 0 spiro atoms. The summed E-state index contributed by atoms with van der Waals surface area (Å²) in [5.74, 6) is -4.18. The van der Waals surface area contributed by atoms with Gasteiger partial charge in [-0.25, -0.2) is 13.6 Å². The molecule has 0 saturated heterocycles. The first-order valence-corrected chi connectivity index (χ1v) is 5.61. The number of hydrogen-bond acceptors (Lipinski definition) is 2. The van der Waals surface area contributed by atoms with Crippen LogP contribution in [0.3, 0.4) is 0 Å². The molecule has 4 nitrogen and oxygen atoms in total. The lowest BCUT2D eigenvalue weighted by molar-refractivity contribution is -0.142. The molecule has 1 rings (SSSR count). The zero-order valence-corrected chi connectivity index (χ0v) is 10.8.